The monoisotopic (exact) mass is 362 g/mol. The summed E-state index contributed by atoms with van der Waals surface area (Å²) >= 11 is 0. The fourth-order valence-electron chi connectivity index (χ4n) is 3.55. The van der Waals surface area contributed by atoms with Crippen LogP contribution in [0.4, 0.5) is 0 Å². The summed E-state index contributed by atoms with van der Waals surface area (Å²) in [5.41, 5.74) is 9.87. The van der Waals surface area contributed by atoms with Crippen LogP contribution < -0.4 is 5.73 Å². The molecule has 1 heterocycles. The molecular weight excluding hydrogens is 336 g/mol. The van der Waals surface area contributed by atoms with Crippen molar-refractivity contribution in [2.24, 2.45) is 5.73 Å². The summed E-state index contributed by atoms with van der Waals surface area (Å²) in [5, 5.41) is 9.63. The van der Waals surface area contributed by atoms with Crippen LogP contribution in [0.25, 0.3) is 11.1 Å². The summed E-state index contributed by atoms with van der Waals surface area (Å²) in [7, 11) is 2.17. The third-order valence-electron chi connectivity index (χ3n) is 5.07. The van der Waals surface area contributed by atoms with Crippen LogP contribution in [-0.4, -0.2) is 48.9 Å². The first-order chi connectivity index (χ1) is 13.0. The molecule has 1 fully saturated rings. The molecule has 0 unspecified atom stereocenters. The number of amides is 1. The van der Waals surface area contributed by atoms with E-state index < -0.39 is 0 Å². The van der Waals surface area contributed by atoms with Gasteiger partial charge in [0, 0.05) is 19.6 Å². The minimum atomic E-state index is -0.343. The summed E-state index contributed by atoms with van der Waals surface area (Å²) in [4.78, 5) is 15.9. The molecule has 2 aromatic rings. The molecule has 27 heavy (non-hydrogen) atoms. The molecule has 0 bridgehead atoms. The lowest BCUT2D eigenvalue weighted by atomic mass is 9.96. The van der Waals surface area contributed by atoms with Gasteiger partial charge in [0.25, 0.3) is 0 Å². The second-order valence-corrected chi connectivity index (χ2v) is 7.26. The highest BCUT2D eigenvalue weighted by molar-refractivity contribution is 5.77. The largest absolute Gasteiger partial charge is 0.369 e. The Morgan fingerprint density at radius 3 is 2.52 bits per heavy atom. The highest BCUT2D eigenvalue weighted by Gasteiger charge is 2.13. The normalized spacial score (nSPS) is 15.9. The number of hydrogen-bond acceptors (Lipinski definition) is 4. The number of carbonyl (C=O) groups is 1. The zero-order chi connectivity index (χ0) is 19.2. The average Bonchev–Trinajstić information content (AvgIpc) is 2.86. The Balaban J connectivity index is 1.76. The first-order valence-corrected chi connectivity index (χ1v) is 9.36. The molecule has 0 aromatic heterocycles. The molecule has 140 valence electrons. The second-order valence-electron chi connectivity index (χ2n) is 7.26. The molecule has 5 heteroatoms. The number of nitrogens with zero attached hydrogens (tertiary/aromatic N) is 3. The standard InChI is InChI=1S/C22H26N4O/c1-25-9-2-10-26(12-11-25)16-18-5-8-21(20(13-18)15-23)19-6-3-17(4-7-19)14-22(24)27/h3-8,13H,2,9-12,14,16H2,1H3,(H2,24,27). The topological polar surface area (TPSA) is 73.4 Å². The third kappa shape index (κ3) is 5.16. The van der Waals surface area contributed by atoms with E-state index in [9.17, 15) is 10.1 Å². The van der Waals surface area contributed by atoms with E-state index in [0.29, 0.717) is 5.56 Å². The van der Waals surface area contributed by atoms with Crippen LogP contribution in [-0.2, 0) is 17.8 Å². The van der Waals surface area contributed by atoms with Crippen molar-refractivity contribution < 1.29 is 4.79 Å². The van der Waals surface area contributed by atoms with E-state index in [-0.39, 0.29) is 12.3 Å². The van der Waals surface area contributed by atoms with Crippen molar-refractivity contribution in [2.75, 3.05) is 33.2 Å². The molecule has 1 amide bonds. The summed E-state index contributed by atoms with van der Waals surface area (Å²) < 4.78 is 0. The lowest BCUT2D eigenvalue weighted by molar-refractivity contribution is -0.117. The molecule has 2 N–H and O–H groups in total. The molecule has 0 spiro atoms. The van der Waals surface area contributed by atoms with Gasteiger partial charge in [0.05, 0.1) is 18.1 Å². The summed E-state index contributed by atoms with van der Waals surface area (Å²) in [6.07, 6.45) is 1.41. The summed E-state index contributed by atoms with van der Waals surface area (Å²) in [6.45, 7) is 5.25. The summed E-state index contributed by atoms with van der Waals surface area (Å²) in [5.74, 6) is -0.343. The molecule has 0 saturated carbocycles. The van der Waals surface area contributed by atoms with E-state index in [0.717, 1.165) is 49.4 Å². The van der Waals surface area contributed by atoms with Gasteiger partial charge < -0.3 is 10.6 Å². The highest BCUT2D eigenvalue weighted by atomic mass is 16.1. The van der Waals surface area contributed by atoms with Gasteiger partial charge in [0.15, 0.2) is 0 Å². The van der Waals surface area contributed by atoms with Crippen molar-refractivity contribution in [2.45, 2.75) is 19.4 Å². The van der Waals surface area contributed by atoms with Gasteiger partial charge in [-0.3, -0.25) is 9.69 Å². The SMILES string of the molecule is CN1CCCN(Cc2ccc(-c3ccc(CC(N)=O)cc3)c(C#N)c2)CC1. The average molecular weight is 362 g/mol. The molecule has 2 aromatic carbocycles. The van der Waals surface area contributed by atoms with Gasteiger partial charge in [0.2, 0.25) is 5.91 Å². The number of nitriles is 1. The smallest absolute Gasteiger partial charge is 0.221 e. The Labute approximate surface area is 161 Å². The zero-order valence-electron chi connectivity index (χ0n) is 15.8. The van der Waals surface area contributed by atoms with E-state index >= 15 is 0 Å². The zero-order valence-corrected chi connectivity index (χ0v) is 15.8. The van der Waals surface area contributed by atoms with Gasteiger partial charge in [-0.1, -0.05) is 36.4 Å². The Kier molecular flexibility index (Phi) is 6.23. The Morgan fingerprint density at radius 2 is 1.81 bits per heavy atom. The van der Waals surface area contributed by atoms with Gasteiger partial charge in [0.1, 0.15) is 0 Å². The van der Waals surface area contributed by atoms with E-state index in [4.69, 9.17) is 5.73 Å². The van der Waals surface area contributed by atoms with Crippen LogP contribution in [0.3, 0.4) is 0 Å². The van der Waals surface area contributed by atoms with Gasteiger partial charge in [-0.05, 0) is 54.9 Å². The lowest BCUT2D eigenvalue weighted by Gasteiger charge is -2.20. The van der Waals surface area contributed by atoms with Crippen molar-refractivity contribution in [1.82, 2.24) is 9.80 Å². The number of likely N-dealkylation sites (N-methyl/N-ethyl adjacent to an activating group) is 1. The van der Waals surface area contributed by atoms with E-state index in [1.54, 1.807) is 0 Å². The maximum Gasteiger partial charge on any atom is 0.221 e. The van der Waals surface area contributed by atoms with Crippen molar-refractivity contribution in [3.05, 3.63) is 59.2 Å². The fourth-order valence-corrected chi connectivity index (χ4v) is 3.55. The van der Waals surface area contributed by atoms with Crippen LogP contribution in [0.15, 0.2) is 42.5 Å². The van der Waals surface area contributed by atoms with Crippen LogP contribution in [0, 0.1) is 11.3 Å². The maximum absolute atomic E-state index is 11.0. The first kappa shape index (κ1) is 19.1. The van der Waals surface area contributed by atoms with E-state index in [2.05, 4.69) is 29.0 Å². The highest BCUT2D eigenvalue weighted by Crippen LogP contribution is 2.25. The Bertz CT molecular complexity index is 838. The summed E-state index contributed by atoms with van der Waals surface area (Å²) in [6, 6.07) is 16.2. The van der Waals surface area contributed by atoms with Crippen molar-refractivity contribution in [3.8, 4) is 17.2 Å². The molecule has 0 atom stereocenters. The van der Waals surface area contributed by atoms with Crippen LogP contribution >= 0.6 is 0 Å². The second kappa shape index (κ2) is 8.81. The van der Waals surface area contributed by atoms with Crippen LogP contribution in [0.2, 0.25) is 0 Å². The lowest BCUT2D eigenvalue weighted by Crippen LogP contribution is -2.28. The number of carbonyl (C=O) groups excluding carboxylic acids is 1. The predicted molar refractivity (Wildman–Crippen MR) is 107 cm³/mol. The van der Waals surface area contributed by atoms with E-state index in [1.165, 1.54) is 12.0 Å². The van der Waals surface area contributed by atoms with Gasteiger partial charge in [-0.25, -0.2) is 0 Å². The van der Waals surface area contributed by atoms with Gasteiger partial charge >= 0.3 is 0 Å². The van der Waals surface area contributed by atoms with Crippen molar-refractivity contribution in [3.63, 3.8) is 0 Å². The third-order valence-corrected chi connectivity index (χ3v) is 5.07. The van der Waals surface area contributed by atoms with Crippen LogP contribution in [0.1, 0.15) is 23.1 Å². The molecular formula is C22H26N4O. The molecule has 1 aliphatic rings. The predicted octanol–water partition coefficient (Wildman–Crippen LogP) is 2.39. The minimum Gasteiger partial charge on any atom is -0.369 e. The number of hydrogen-bond donors (Lipinski definition) is 1. The number of nitrogens with two attached hydrogens (primary N) is 1. The number of rotatable bonds is 5. The molecule has 0 radical (unpaired) electrons. The van der Waals surface area contributed by atoms with E-state index in [1.807, 2.05) is 36.4 Å². The molecule has 1 saturated heterocycles. The van der Waals surface area contributed by atoms with Gasteiger partial charge in [-0.15, -0.1) is 0 Å². The quantitative estimate of drug-likeness (QED) is 0.886. The Morgan fingerprint density at radius 1 is 1.07 bits per heavy atom. The van der Waals surface area contributed by atoms with Gasteiger partial charge in [-0.2, -0.15) is 5.26 Å². The fraction of sp³-hybridized carbons (Fsp3) is 0.364. The molecule has 0 aliphatic carbocycles. The molecule has 3 rings (SSSR count). The van der Waals surface area contributed by atoms with Crippen molar-refractivity contribution in [1.29, 1.82) is 5.26 Å². The number of benzene rings is 2. The maximum atomic E-state index is 11.0. The molecule has 1 aliphatic heterocycles. The van der Waals surface area contributed by atoms with Crippen molar-refractivity contribution >= 4 is 5.91 Å². The van der Waals surface area contributed by atoms with Crippen LogP contribution in [0.5, 0.6) is 0 Å². The molecule has 5 nitrogen and oxygen atoms in total. The number of primary amides is 1. The Hall–Kier alpha value is -2.68. The first-order valence-electron chi connectivity index (χ1n) is 9.36. The minimum absolute atomic E-state index is 0.231.